The number of nitrogens with zero attached hydrogens (tertiary/aromatic N) is 1. The van der Waals surface area contributed by atoms with Crippen LogP contribution in [0.2, 0.25) is 5.02 Å². The second-order valence-corrected chi connectivity index (χ2v) is 5.63. The molecule has 3 heteroatoms. The molecule has 0 amide bonds. The van der Waals surface area contributed by atoms with Crippen LogP contribution < -0.4 is 5.32 Å². The molecule has 0 aromatic heterocycles. The summed E-state index contributed by atoms with van der Waals surface area (Å²) >= 11 is 6.43. The van der Waals surface area contributed by atoms with E-state index in [-0.39, 0.29) is 0 Å². The van der Waals surface area contributed by atoms with Crippen LogP contribution in [0.25, 0.3) is 0 Å². The first-order valence-electron chi connectivity index (χ1n) is 6.89. The van der Waals surface area contributed by atoms with Crippen molar-refractivity contribution in [2.24, 2.45) is 4.99 Å². The first-order chi connectivity index (χ1) is 8.84. The third-order valence-electron chi connectivity index (χ3n) is 4.01. The van der Waals surface area contributed by atoms with Gasteiger partial charge in [-0.05, 0) is 36.0 Å². The molecule has 0 saturated heterocycles. The summed E-state index contributed by atoms with van der Waals surface area (Å²) in [6.07, 6.45) is 6.17. The van der Waals surface area contributed by atoms with Crippen molar-refractivity contribution >= 4 is 17.4 Å². The smallest absolute Gasteiger partial charge is 0.101 e. The highest BCUT2D eigenvalue weighted by Gasteiger charge is 2.23. The Hall–Kier alpha value is -1.02. The van der Waals surface area contributed by atoms with E-state index in [1.54, 1.807) is 0 Å². The SMILES string of the molecule is Clc1cccc(CC2=NCCN2)c1C1CCCC1. The highest BCUT2D eigenvalue weighted by Crippen LogP contribution is 2.39. The molecule has 1 N–H and O–H groups in total. The maximum atomic E-state index is 6.43. The predicted molar refractivity (Wildman–Crippen MR) is 76.7 cm³/mol. The second kappa shape index (κ2) is 5.31. The molecule has 0 radical (unpaired) electrons. The molecule has 0 spiro atoms. The summed E-state index contributed by atoms with van der Waals surface area (Å²) in [6, 6.07) is 6.30. The first-order valence-corrected chi connectivity index (χ1v) is 7.27. The zero-order valence-corrected chi connectivity index (χ0v) is 11.3. The van der Waals surface area contributed by atoms with E-state index in [0.717, 1.165) is 30.4 Å². The van der Waals surface area contributed by atoms with Crippen molar-refractivity contribution in [2.45, 2.75) is 38.0 Å². The second-order valence-electron chi connectivity index (χ2n) is 5.23. The Morgan fingerprint density at radius 2 is 2.11 bits per heavy atom. The van der Waals surface area contributed by atoms with Crippen LogP contribution in [0.4, 0.5) is 0 Å². The van der Waals surface area contributed by atoms with E-state index in [9.17, 15) is 0 Å². The van der Waals surface area contributed by atoms with Crippen molar-refractivity contribution in [3.63, 3.8) is 0 Å². The molecular formula is C15H19ClN2. The molecule has 18 heavy (non-hydrogen) atoms. The topological polar surface area (TPSA) is 24.4 Å². The third-order valence-corrected chi connectivity index (χ3v) is 4.34. The van der Waals surface area contributed by atoms with Gasteiger partial charge in [0, 0.05) is 18.0 Å². The minimum Gasteiger partial charge on any atom is -0.372 e. The summed E-state index contributed by atoms with van der Waals surface area (Å²) in [5.74, 6) is 1.78. The van der Waals surface area contributed by atoms with Gasteiger partial charge < -0.3 is 5.32 Å². The number of aliphatic imine (C=N–C) groups is 1. The first kappa shape index (κ1) is 12.0. The largest absolute Gasteiger partial charge is 0.372 e. The van der Waals surface area contributed by atoms with Gasteiger partial charge in [-0.1, -0.05) is 36.6 Å². The van der Waals surface area contributed by atoms with Crippen LogP contribution in [-0.4, -0.2) is 18.9 Å². The fraction of sp³-hybridized carbons (Fsp3) is 0.533. The summed E-state index contributed by atoms with van der Waals surface area (Å²) in [7, 11) is 0. The van der Waals surface area contributed by atoms with Crippen LogP contribution >= 0.6 is 11.6 Å². The van der Waals surface area contributed by atoms with Gasteiger partial charge >= 0.3 is 0 Å². The van der Waals surface area contributed by atoms with Crippen molar-refractivity contribution < 1.29 is 0 Å². The number of benzene rings is 1. The number of halogens is 1. The highest BCUT2D eigenvalue weighted by atomic mass is 35.5. The van der Waals surface area contributed by atoms with E-state index in [1.807, 2.05) is 6.07 Å². The summed E-state index contributed by atoms with van der Waals surface area (Å²) in [6.45, 7) is 1.89. The average Bonchev–Trinajstić information content (AvgIpc) is 3.01. The van der Waals surface area contributed by atoms with Crippen LogP contribution in [0.3, 0.4) is 0 Å². The molecule has 96 valence electrons. The van der Waals surface area contributed by atoms with Gasteiger partial charge in [0.15, 0.2) is 0 Å². The van der Waals surface area contributed by atoms with E-state index in [0.29, 0.717) is 5.92 Å². The van der Waals surface area contributed by atoms with E-state index in [2.05, 4.69) is 22.4 Å². The Labute approximate surface area is 113 Å². The summed E-state index contributed by atoms with van der Waals surface area (Å²) in [5, 5.41) is 4.29. The molecular weight excluding hydrogens is 244 g/mol. The maximum Gasteiger partial charge on any atom is 0.101 e. The van der Waals surface area contributed by atoms with Crippen molar-refractivity contribution in [2.75, 3.05) is 13.1 Å². The lowest BCUT2D eigenvalue weighted by molar-refractivity contribution is 0.716. The molecule has 1 aromatic carbocycles. The van der Waals surface area contributed by atoms with Gasteiger partial charge in [-0.25, -0.2) is 0 Å². The fourth-order valence-electron chi connectivity index (χ4n) is 3.15. The van der Waals surface area contributed by atoms with E-state index in [4.69, 9.17) is 11.6 Å². The van der Waals surface area contributed by atoms with Gasteiger partial charge in [0.2, 0.25) is 0 Å². The van der Waals surface area contributed by atoms with Gasteiger partial charge in [0.25, 0.3) is 0 Å². The van der Waals surface area contributed by atoms with Crippen molar-refractivity contribution in [1.29, 1.82) is 0 Å². The molecule has 0 bridgehead atoms. The molecule has 3 rings (SSSR count). The lowest BCUT2D eigenvalue weighted by atomic mass is 9.91. The number of amidine groups is 1. The summed E-state index contributed by atoms with van der Waals surface area (Å²) < 4.78 is 0. The van der Waals surface area contributed by atoms with Crippen LogP contribution in [0, 0.1) is 0 Å². The normalized spacial score (nSPS) is 19.9. The average molecular weight is 263 g/mol. The predicted octanol–water partition coefficient (Wildman–Crippen LogP) is 3.54. The molecule has 2 aliphatic rings. The maximum absolute atomic E-state index is 6.43. The van der Waals surface area contributed by atoms with Gasteiger partial charge in [-0.3, -0.25) is 4.99 Å². The van der Waals surface area contributed by atoms with Crippen molar-refractivity contribution in [3.8, 4) is 0 Å². The fourth-order valence-corrected chi connectivity index (χ4v) is 3.50. The Balaban J connectivity index is 1.89. The van der Waals surface area contributed by atoms with Crippen LogP contribution in [0.5, 0.6) is 0 Å². The molecule has 2 nitrogen and oxygen atoms in total. The number of rotatable bonds is 3. The Bertz CT molecular complexity index is 462. The Kier molecular flexibility index (Phi) is 3.55. The monoisotopic (exact) mass is 262 g/mol. The molecule has 0 atom stereocenters. The lowest BCUT2D eigenvalue weighted by Gasteiger charge is -2.17. The van der Waals surface area contributed by atoms with Gasteiger partial charge in [-0.15, -0.1) is 0 Å². The highest BCUT2D eigenvalue weighted by molar-refractivity contribution is 6.31. The molecule has 1 fully saturated rings. The quantitative estimate of drug-likeness (QED) is 0.885. The lowest BCUT2D eigenvalue weighted by Crippen LogP contribution is -2.21. The Morgan fingerprint density at radius 3 is 2.83 bits per heavy atom. The van der Waals surface area contributed by atoms with Crippen molar-refractivity contribution in [1.82, 2.24) is 5.32 Å². The zero-order valence-electron chi connectivity index (χ0n) is 10.6. The standard InChI is InChI=1S/C15H19ClN2/c16-13-7-3-6-12(10-14-17-8-9-18-14)15(13)11-4-1-2-5-11/h3,6-7,11H,1-2,4-5,8-10H2,(H,17,18). The molecule has 1 aliphatic heterocycles. The zero-order chi connectivity index (χ0) is 12.4. The molecule has 1 heterocycles. The van der Waals surface area contributed by atoms with Crippen LogP contribution in [-0.2, 0) is 6.42 Å². The van der Waals surface area contributed by atoms with Crippen LogP contribution in [0.1, 0.15) is 42.7 Å². The van der Waals surface area contributed by atoms with Crippen LogP contribution in [0.15, 0.2) is 23.2 Å². The third kappa shape index (κ3) is 2.39. The minimum atomic E-state index is 0.663. The van der Waals surface area contributed by atoms with E-state index < -0.39 is 0 Å². The summed E-state index contributed by atoms with van der Waals surface area (Å²) in [5.41, 5.74) is 2.75. The molecule has 1 saturated carbocycles. The van der Waals surface area contributed by atoms with Crippen molar-refractivity contribution in [3.05, 3.63) is 34.3 Å². The Morgan fingerprint density at radius 1 is 1.28 bits per heavy atom. The number of hydrogen-bond acceptors (Lipinski definition) is 2. The van der Waals surface area contributed by atoms with Gasteiger partial charge in [0.1, 0.15) is 5.84 Å². The van der Waals surface area contributed by atoms with E-state index >= 15 is 0 Å². The number of hydrogen-bond donors (Lipinski definition) is 1. The molecule has 0 unspecified atom stereocenters. The molecule has 1 aliphatic carbocycles. The number of nitrogens with one attached hydrogen (secondary N) is 1. The molecule has 1 aromatic rings. The van der Waals surface area contributed by atoms with Gasteiger partial charge in [-0.2, -0.15) is 0 Å². The minimum absolute atomic E-state index is 0.663. The van der Waals surface area contributed by atoms with Gasteiger partial charge in [0.05, 0.1) is 6.54 Å². The van der Waals surface area contributed by atoms with E-state index in [1.165, 1.54) is 36.8 Å². The summed E-state index contributed by atoms with van der Waals surface area (Å²) in [4.78, 5) is 4.49.